The van der Waals surface area contributed by atoms with Crippen LogP contribution in [0.5, 0.6) is 0 Å². The fourth-order valence-electron chi connectivity index (χ4n) is 3.43. The number of anilines is 1. The van der Waals surface area contributed by atoms with Crippen LogP contribution >= 0.6 is 0 Å². The van der Waals surface area contributed by atoms with E-state index in [0.717, 1.165) is 13.0 Å². The molecule has 0 unspecified atom stereocenters. The van der Waals surface area contributed by atoms with E-state index in [1.165, 1.54) is 59.1 Å². The molecule has 1 aromatic carbocycles. The van der Waals surface area contributed by atoms with Gasteiger partial charge in [-0.3, -0.25) is 4.98 Å². The lowest BCUT2D eigenvalue weighted by atomic mass is 9.89. The summed E-state index contributed by atoms with van der Waals surface area (Å²) in [6, 6.07) is 6.84. The van der Waals surface area contributed by atoms with Crippen molar-refractivity contribution in [2.24, 2.45) is 5.92 Å². The molecule has 0 bridgehead atoms. The number of pyridine rings is 1. The predicted molar refractivity (Wildman–Crippen MR) is 91.1 cm³/mol. The molecule has 112 valence electrons. The molecule has 1 aliphatic carbocycles. The molecule has 0 atom stereocenters. The minimum atomic E-state index is 0.643. The van der Waals surface area contributed by atoms with Crippen LogP contribution in [0.25, 0.3) is 10.9 Å². The van der Waals surface area contributed by atoms with Crippen molar-refractivity contribution in [1.29, 1.82) is 0 Å². The molecule has 0 fully saturated rings. The Bertz CT molecular complexity index is 644. The molecule has 21 heavy (non-hydrogen) atoms. The fraction of sp³-hybridized carbons (Fsp3) is 0.526. The Balaban J connectivity index is 2.19. The van der Waals surface area contributed by atoms with Crippen LogP contribution in [0.2, 0.25) is 0 Å². The van der Waals surface area contributed by atoms with Gasteiger partial charge >= 0.3 is 0 Å². The average molecular weight is 282 g/mol. The highest BCUT2D eigenvalue weighted by Gasteiger charge is 2.16. The summed E-state index contributed by atoms with van der Waals surface area (Å²) in [7, 11) is 0. The van der Waals surface area contributed by atoms with Gasteiger partial charge in [0.05, 0.1) is 5.52 Å². The Kier molecular flexibility index (Phi) is 4.14. The molecule has 3 rings (SSSR count). The van der Waals surface area contributed by atoms with Crippen molar-refractivity contribution < 1.29 is 0 Å². The molecule has 1 aliphatic rings. The summed E-state index contributed by atoms with van der Waals surface area (Å²) in [4.78, 5) is 5.03. The van der Waals surface area contributed by atoms with Crippen molar-refractivity contribution >= 4 is 16.6 Å². The lowest BCUT2D eigenvalue weighted by molar-refractivity contribution is 0.636. The average Bonchev–Trinajstić information content (AvgIpc) is 2.47. The van der Waals surface area contributed by atoms with E-state index in [-0.39, 0.29) is 0 Å². The van der Waals surface area contributed by atoms with Crippen molar-refractivity contribution in [2.75, 3.05) is 11.9 Å². The highest BCUT2D eigenvalue weighted by molar-refractivity contribution is 5.94. The van der Waals surface area contributed by atoms with Crippen molar-refractivity contribution in [3.05, 3.63) is 35.0 Å². The molecular formula is C19H26N2. The SMILES string of the molecule is CCNc1cc(CC(C)C)nc2c3c(ccc12)CCCC3. The third-order valence-electron chi connectivity index (χ3n) is 4.34. The van der Waals surface area contributed by atoms with Gasteiger partial charge in [-0.25, -0.2) is 0 Å². The van der Waals surface area contributed by atoms with Gasteiger partial charge in [0.1, 0.15) is 0 Å². The normalized spacial score (nSPS) is 14.5. The number of hydrogen-bond acceptors (Lipinski definition) is 2. The van der Waals surface area contributed by atoms with E-state index in [4.69, 9.17) is 4.98 Å². The third-order valence-corrected chi connectivity index (χ3v) is 4.34. The Labute approximate surface area is 128 Å². The quantitative estimate of drug-likeness (QED) is 0.875. The largest absolute Gasteiger partial charge is 0.385 e. The molecule has 0 radical (unpaired) electrons. The number of aromatic nitrogens is 1. The molecule has 0 aliphatic heterocycles. The zero-order chi connectivity index (χ0) is 14.8. The Hall–Kier alpha value is -1.57. The van der Waals surface area contributed by atoms with E-state index in [9.17, 15) is 0 Å². The molecule has 2 heteroatoms. The number of rotatable bonds is 4. The molecule has 1 heterocycles. The molecule has 2 nitrogen and oxygen atoms in total. The molecule has 2 aromatic rings. The lowest BCUT2D eigenvalue weighted by Gasteiger charge is -2.20. The van der Waals surface area contributed by atoms with Crippen LogP contribution in [0.1, 0.15) is 50.4 Å². The maximum Gasteiger partial charge on any atom is 0.0760 e. The number of aryl methyl sites for hydroxylation is 2. The van der Waals surface area contributed by atoms with E-state index in [2.05, 4.69) is 44.3 Å². The summed E-state index contributed by atoms with van der Waals surface area (Å²) in [5, 5.41) is 4.83. The zero-order valence-corrected chi connectivity index (χ0v) is 13.5. The highest BCUT2D eigenvalue weighted by Crippen LogP contribution is 2.32. The van der Waals surface area contributed by atoms with Gasteiger partial charge in [0.15, 0.2) is 0 Å². The van der Waals surface area contributed by atoms with Gasteiger partial charge in [-0.1, -0.05) is 26.0 Å². The molecule has 0 spiro atoms. The minimum absolute atomic E-state index is 0.643. The monoisotopic (exact) mass is 282 g/mol. The molecule has 0 saturated heterocycles. The molecule has 0 saturated carbocycles. The smallest absolute Gasteiger partial charge is 0.0760 e. The van der Waals surface area contributed by atoms with Crippen molar-refractivity contribution in [3.8, 4) is 0 Å². The third kappa shape index (κ3) is 2.90. The summed E-state index contributed by atoms with van der Waals surface area (Å²) >= 11 is 0. The number of nitrogens with one attached hydrogen (secondary N) is 1. The Morgan fingerprint density at radius 3 is 2.76 bits per heavy atom. The zero-order valence-electron chi connectivity index (χ0n) is 13.5. The van der Waals surface area contributed by atoms with Gasteiger partial charge in [-0.15, -0.1) is 0 Å². The maximum absolute atomic E-state index is 5.03. The highest BCUT2D eigenvalue weighted by atomic mass is 14.9. The first-order valence-electron chi connectivity index (χ1n) is 8.37. The van der Waals surface area contributed by atoms with Gasteiger partial charge < -0.3 is 5.32 Å². The summed E-state index contributed by atoms with van der Waals surface area (Å²) in [5.41, 5.74) is 6.76. The van der Waals surface area contributed by atoms with Gasteiger partial charge in [0, 0.05) is 23.3 Å². The molecule has 1 aromatic heterocycles. The van der Waals surface area contributed by atoms with Gasteiger partial charge in [0.25, 0.3) is 0 Å². The lowest BCUT2D eigenvalue weighted by Crippen LogP contribution is -2.08. The van der Waals surface area contributed by atoms with Crippen LogP contribution in [0, 0.1) is 5.92 Å². The second-order valence-corrected chi connectivity index (χ2v) is 6.60. The van der Waals surface area contributed by atoms with Crippen molar-refractivity contribution in [3.63, 3.8) is 0 Å². The Morgan fingerprint density at radius 1 is 1.19 bits per heavy atom. The summed E-state index contributed by atoms with van der Waals surface area (Å²) < 4.78 is 0. The predicted octanol–water partition coefficient (Wildman–Crippen LogP) is 4.74. The molecule has 0 amide bonds. The van der Waals surface area contributed by atoms with E-state index in [0.29, 0.717) is 5.92 Å². The van der Waals surface area contributed by atoms with Crippen LogP contribution < -0.4 is 5.32 Å². The second-order valence-electron chi connectivity index (χ2n) is 6.60. The van der Waals surface area contributed by atoms with E-state index >= 15 is 0 Å². The van der Waals surface area contributed by atoms with Gasteiger partial charge in [-0.2, -0.15) is 0 Å². The van der Waals surface area contributed by atoms with Gasteiger partial charge in [0.2, 0.25) is 0 Å². The maximum atomic E-state index is 5.03. The van der Waals surface area contributed by atoms with E-state index < -0.39 is 0 Å². The molecule has 1 N–H and O–H groups in total. The minimum Gasteiger partial charge on any atom is -0.385 e. The van der Waals surface area contributed by atoms with E-state index in [1.54, 1.807) is 0 Å². The number of fused-ring (bicyclic) bond motifs is 3. The van der Waals surface area contributed by atoms with Crippen molar-refractivity contribution in [2.45, 2.75) is 52.9 Å². The number of benzene rings is 1. The topological polar surface area (TPSA) is 24.9 Å². The number of hydrogen-bond donors (Lipinski definition) is 1. The van der Waals surface area contributed by atoms with Gasteiger partial charge in [-0.05, 0) is 62.1 Å². The first kappa shape index (κ1) is 14.4. The first-order chi connectivity index (χ1) is 10.2. The van der Waals surface area contributed by atoms with Crippen LogP contribution in [0.3, 0.4) is 0 Å². The Morgan fingerprint density at radius 2 is 2.00 bits per heavy atom. The summed E-state index contributed by atoms with van der Waals surface area (Å²) in [6.45, 7) is 7.64. The standard InChI is InChI=1S/C19H26N2/c1-4-20-18-12-15(11-13(2)3)21-19-16-8-6-5-7-14(16)9-10-17(18)19/h9-10,12-13H,4-8,11H2,1-3H3,(H,20,21). The van der Waals surface area contributed by atoms with Crippen molar-refractivity contribution in [1.82, 2.24) is 4.98 Å². The number of nitrogens with zero attached hydrogens (tertiary/aromatic N) is 1. The first-order valence-corrected chi connectivity index (χ1v) is 8.37. The molecular weight excluding hydrogens is 256 g/mol. The summed E-state index contributed by atoms with van der Waals surface area (Å²) in [6.07, 6.45) is 6.09. The van der Waals surface area contributed by atoms with Crippen LogP contribution in [0.15, 0.2) is 18.2 Å². The van der Waals surface area contributed by atoms with Crippen LogP contribution in [0.4, 0.5) is 5.69 Å². The summed E-state index contributed by atoms with van der Waals surface area (Å²) in [5.74, 6) is 0.643. The van der Waals surface area contributed by atoms with E-state index in [1.807, 2.05) is 0 Å². The fourth-order valence-corrected chi connectivity index (χ4v) is 3.43. The van der Waals surface area contributed by atoms with Crippen LogP contribution in [-0.2, 0) is 19.3 Å². The van der Waals surface area contributed by atoms with Crippen LogP contribution in [-0.4, -0.2) is 11.5 Å². The second kappa shape index (κ2) is 6.05.